The van der Waals surface area contributed by atoms with Crippen molar-refractivity contribution < 1.29 is 22.7 Å². The van der Waals surface area contributed by atoms with E-state index in [0.717, 1.165) is 16.9 Å². The van der Waals surface area contributed by atoms with Crippen molar-refractivity contribution in [3.63, 3.8) is 0 Å². The molecule has 1 aliphatic rings. The average molecular weight is 433 g/mol. The zero-order valence-corrected chi connectivity index (χ0v) is 18.4. The number of nitrogens with one attached hydrogen (secondary N) is 1. The number of aryl methyl sites for hydroxylation is 2. The standard InChI is InChI=1S/C22H28N2O5S/c1-16-5-4-6-21(18(16)3)29-12-9-23-22(25)20-15-19(8-7-17(20)2)30(26,27)24-10-13-28-14-11-24/h4-8,15H,9-14H2,1-3H3,(H,23,25). The largest absolute Gasteiger partial charge is 0.491 e. The second-order valence-electron chi connectivity index (χ2n) is 7.30. The van der Waals surface area contributed by atoms with Crippen LogP contribution < -0.4 is 10.1 Å². The lowest BCUT2D eigenvalue weighted by Gasteiger charge is -2.26. The Kier molecular flexibility index (Phi) is 7.12. The van der Waals surface area contributed by atoms with E-state index in [4.69, 9.17) is 9.47 Å². The molecule has 1 N–H and O–H groups in total. The molecular weight excluding hydrogens is 404 g/mol. The highest BCUT2D eigenvalue weighted by Crippen LogP contribution is 2.21. The molecule has 1 aliphatic heterocycles. The molecule has 2 aromatic rings. The first kappa shape index (κ1) is 22.3. The van der Waals surface area contributed by atoms with Crippen LogP contribution in [0.1, 0.15) is 27.0 Å². The van der Waals surface area contributed by atoms with Crippen molar-refractivity contribution in [2.45, 2.75) is 25.7 Å². The smallest absolute Gasteiger partial charge is 0.251 e. The summed E-state index contributed by atoms with van der Waals surface area (Å²) in [4.78, 5) is 12.8. The third kappa shape index (κ3) is 5.00. The van der Waals surface area contributed by atoms with Crippen molar-refractivity contribution in [1.29, 1.82) is 0 Å². The highest BCUT2D eigenvalue weighted by atomic mass is 32.2. The third-order valence-electron chi connectivity index (χ3n) is 5.26. The topological polar surface area (TPSA) is 84.9 Å². The minimum atomic E-state index is -3.66. The number of carbonyl (C=O) groups excluding carboxylic acids is 1. The van der Waals surface area contributed by atoms with Gasteiger partial charge in [0, 0.05) is 18.7 Å². The summed E-state index contributed by atoms with van der Waals surface area (Å²) in [5.74, 6) is 0.468. The van der Waals surface area contributed by atoms with Gasteiger partial charge in [0.25, 0.3) is 5.91 Å². The van der Waals surface area contributed by atoms with Gasteiger partial charge in [0.15, 0.2) is 0 Å². The summed E-state index contributed by atoms with van der Waals surface area (Å²) in [6, 6.07) is 10.5. The number of amides is 1. The number of carbonyl (C=O) groups is 1. The van der Waals surface area contributed by atoms with Crippen LogP contribution in [0.3, 0.4) is 0 Å². The van der Waals surface area contributed by atoms with E-state index in [-0.39, 0.29) is 10.8 Å². The number of hydrogen-bond acceptors (Lipinski definition) is 5. The Bertz CT molecular complexity index is 1010. The molecule has 0 bridgehead atoms. The molecule has 1 saturated heterocycles. The van der Waals surface area contributed by atoms with Crippen LogP contribution in [0.25, 0.3) is 0 Å². The lowest BCUT2D eigenvalue weighted by atomic mass is 10.1. The number of benzene rings is 2. The molecule has 1 heterocycles. The fraction of sp³-hybridized carbons (Fsp3) is 0.409. The van der Waals surface area contributed by atoms with E-state index < -0.39 is 10.0 Å². The summed E-state index contributed by atoms with van der Waals surface area (Å²) in [6.45, 7) is 7.80. The normalized spacial score (nSPS) is 15.0. The highest BCUT2D eigenvalue weighted by Gasteiger charge is 2.27. The van der Waals surface area contributed by atoms with Crippen LogP contribution >= 0.6 is 0 Å². The van der Waals surface area contributed by atoms with Crippen LogP contribution in [-0.4, -0.2) is 58.1 Å². The second-order valence-corrected chi connectivity index (χ2v) is 9.23. The van der Waals surface area contributed by atoms with Crippen molar-refractivity contribution in [1.82, 2.24) is 9.62 Å². The lowest BCUT2D eigenvalue weighted by Crippen LogP contribution is -2.40. The Morgan fingerprint density at radius 1 is 1.10 bits per heavy atom. The minimum Gasteiger partial charge on any atom is -0.491 e. The fourth-order valence-electron chi connectivity index (χ4n) is 3.24. The molecule has 162 valence electrons. The summed E-state index contributed by atoms with van der Waals surface area (Å²) < 4.78 is 38.1. The molecule has 1 amide bonds. The summed E-state index contributed by atoms with van der Waals surface area (Å²) in [6.07, 6.45) is 0. The maximum Gasteiger partial charge on any atom is 0.251 e. The van der Waals surface area contributed by atoms with E-state index in [2.05, 4.69) is 5.32 Å². The van der Waals surface area contributed by atoms with Crippen LogP contribution in [0.4, 0.5) is 0 Å². The summed E-state index contributed by atoms with van der Waals surface area (Å²) >= 11 is 0. The first-order valence-corrected chi connectivity index (χ1v) is 11.4. The van der Waals surface area contributed by atoms with E-state index >= 15 is 0 Å². The molecule has 2 aromatic carbocycles. The quantitative estimate of drug-likeness (QED) is 0.680. The van der Waals surface area contributed by atoms with Gasteiger partial charge >= 0.3 is 0 Å². The lowest BCUT2D eigenvalue weighted by molar-refractivity contribution is 0.0730. The Labute approximate surface area is 178 Å². The summed E-state index contributed by atoms with van der Waals surface area (Å²) in [5, 5.41) is 2.81. The molecule has 0 saturated carbocycles. The van der Waals surface area contributed by atoms with Crippen LogP contribution in [0.5, 0.6) is 5.75 Å². The number of morpholine rings is 1. The van der Waals surface area contributed by atoms with Gasteiger partial charge < -0.3 is 14.8 Å². The Balaban J connectivity index is 1.64. The van der Waals surface area contributed by atoms with Gasteiger partial charge in [-0.3, -0.25) is 4.79 Å². The summed E-state index contributed by atoms with van der Waals surface area (Å²) in [5.41, 5.74) is 3.27. The SMILES string of the molecule is Cc1ccc(S(=O)(=O)N2CCOCC2)cc1C(=O)NCCOc1cccc(C)c1C. The van der Waals surface area contributed by atoms with Gasteiger partial charge in [0.05, 0.1) is 24.7 Å². The Morgan fingerprint density at radius 3 is 2.57 bits per heavy atom. The monoisotopic (exact) mass is 432 g/mol. The molecule has 30 heavy (non-hydrogen) atoms. The molecule has 0 unspecified atom stereocenters. The molecule has 0 atom stereocenters. The number of rotatable bonds is 7. The second kappa shape index (κ2) is 9.59. The zero-order chi connectivity index (χ0) is 21.7. The molecule has 8 heteroatoms. The van der Waals surface area contributed by atoms with Gasteiger partial charge in [-0.1, -0.05) is 18.2 Å². The van der Waals surface area contributed by atoms with Crippen LogP contribution in [0.15, 0.2) is 41.3 Å². The van der Waals surface area contributed by atoms with Gasteiger partial charge in [-0.15, -0.1) is 0 Å². The fourth-order valence-corrected chi connectivity index (χ4v) is 4.68. The minimum absolute atomic E-state index is 0.117. The molecule has 7 nitrogen and oxygen atoms in total. The van der Waals surface area contributed by atoms with E-state index in [9.17, 15) is 13.2 Å². The molecule has 3 rings (SSSR count). The molecule has 0 spiro atoms. The van der Waals surface area contributed by atoms with Crippen molar-refractivity contribution in [2.75, 3.05) is 39.5 Å². The van der Waals surface area contributed by atoms with Gasteiger partial charge in [-0.25, -0.2) is 8.42 Å². The Morgan fingerprint density at radius 2 is 1.83 bits per heavy atom. The maximum absolute atomic E-state index is 12.9. The molecule has 0 aliphatic carbocycles. The molecule has 0 aromatic heterocycles. The summed E-state index contributed by atoms with van der Waals surface area (Å²) in [7, 11) is -3.66. The van der Waals surface area contributed by atoms with Gasteiger partial charge in [0.1, 0.15) is 12.4 Å². The van der Waals surface area contributed by atoms with Crippen molar-refractivity contribution in [3.05, 3.63) is 58.7 Å². The van der Waals surface area contributed by atoms with Crippen molar-refractivity contribution in [2.24, 2.45) is 0 Å². The number of ether oxygens (including phenoxy) is 2. The van der Waals surface area contributed by atoms with E-state index in [1.165, 1.54) is 10.4 Å². The number of nitrogens with zero attached hydrogens (tertiary/aromatic N) is 1. The van der Waals surface area contributed by atoms with E-state index in [1.807, 2.05) is 32.0 Å². The number of hydrogen-bond donors (Lipinski definition) is 1. The average Bonchev–Trinajstić information content (AvgIpc) is 2.74. The third-order valence-corrected chi connectivity index (χ3v) is 7.16. The molecular formula is C22H28N2O5S. The Hall–Kier alpha value is -2.42. The van der Waals surface area contributed by atoms with Gasteiger partial charge in [-0.05, 0) is 55.7 Å². The zero-order valence-electron chi connectivity index (χ0n) is 17.6. The van der Waals surface area contributed by atoms with Gasteiger partial charge in [0.2, 0.25) is 10.0 Å². The van der Waals surface area contributed by atoms with Crippen molar-refractivity contribution in [3.8, 4) is 5.75 Å². The van der Waals surface area contributed by atoms with Gasteiger partial charge in [-0.2, -0.15) is 4.31 Å². The molecule has 0 radical (unpaired) electrons. The predicted molar refractivity (Wildman–Crippen MR) is 115 cm³/mol. The van der Waals surface area contributed by atoms with Crippen LogP contribution in [0.2, 0.25) is 0 Å². The predicted octanol–water partition coefficient (Wildman–Crippen LogP) is 2.44. The molecule has 1 fully saturated rings. The first-order valence-electron chi connectivity index (χ1n) is 9.96. The van der Waals surface area contributed by atoms with Crippen LogP contribution in [0, 0.1) is 20.8 Å². The van der Waals surface area contributed by atoms with E-state index in [1.54, 1.807) is 19.1 Å². The maximum atomic E-state index is 12.9. The van der Waals surface area contributed by atoms with Crippen LogP contribution in [-0.2, 0) is 14.8 Å². The first-order chi connectivity index (χ1) is 14.3. The highest BCUT2D eigenvalue weighted by molar-refractivity contribution is 7.89. The number of sulfonamides is 1. The van der Waals surface area contributed by atoms with Crippen molar-refractivity contribution >= 4 is 15.9 Å². The van der Waals surface area contributed by atoms with E-state index in [0.29, 0.717) is 50.6 Å².